The van der Waals surface area contributed by atoms with E-state index in [2.05, 4.69) is 20.3 Å². The SMILES string of the molecule is CN[C@@H](CNc1cc(F)c(S(=O)Nc2ncc(F)s2)cc1Cl)CC1CCCC1. The highest BCUT2D eigenvalue weighted by Crippen LogP contribution is 2.30. The highest BCUT2D eigenvalue weighted by molar-refractivity contribution is 7.86. The Morgan fingerprint density at radius 2 is 2.11 bits per heavy atom. The average Bonchev–Trinajstić information content (AvgIpc) is 3.32. The second kappa shape index (κ2) is 9.96. The van der Waals surface area contributed by atoms with Crippen molar-refractivity contribution in [1.29, 1.82) is 0 Å². The Kier molecular flexibility index (Phi) is 7.62. The van der Waals surface area contributed by atoms with E-state index in [0.29, 0.717) is 23.6 Å². The van der Waals surface area contributed by atoms with E-state index in [4.69, 9.17) is 11.6 Å². The molecule has 0 saturated heterocycles. The van der Waals surface area contributed by atoms with Crippen LogP contribution in [0.1, 0.15) is 32.1 Å². The first-order valence-electron chi connectivity index (χ1n) is 9.16. The van der Waals surface area contributed by atoms with Crippen LogP contribution in [-0.2, 0) is 11.0 Å². The molecule has 1 aromatic heterocycles. The van der Waals surface area contributed by atoms with Crippen molar-refractivity contribution < 1.29 is 13.0 Å². The molecule has 0 bridgehead atoms. The summed E-state index contributed by atoms with van der Waals surface area (Å²) in [7, 11) is -0.0177. The van der Waals surface area contributed by atoms with Gasteiger partial charge in [0.05, 0.1) is 21.8 Å². The number of halogens is 3. The summed E-state index contributed by atoms with van der Waals surface area (Å²) in [4.78, 5) is 3.61. The Labute approximate surface area is 174 Å². The molecule has 1 heterocycles. The first-order chi connectivity index (χ1) is 13.5. The second-order valence-electron chi connectivity index (χ2n) is 6.86. The topological polar surface area (TPSA) is 66.0 Å². The van der Waals surface area contributed by atoms with Crippen LogP contribution in [-0.4, -0.2) is 28.8 Å². The van der Waals surface area contributed by atoms with Crippen LogP contribution in [0.4, 0.5) is 19.6 Å². The largest absolute Gasteiger partial charge is 0.382 e. The number of rotatable bonds is 9. The van der Waals surface area contributed by atoms with E-state index in [1.54, 1.807) is 0 Å². The van der Waals surface area contributed by atoms with Crippen molar-refractivity contribution >= 4 is 44.7 Å². The fourth-order valence-corrected chi connectivity index (χ4v) is 5.29. The zero-order valence-corrected chi connectivity index (χ0v) is 17.8. The number of hydrogen-bond acceptors (Lipinski definition) is 5. The monoisotopic (exact) mass is 448 g/mol. The van der Waals surface area contributed by atoms with Gasteiger partial charge in [-0.3, -0.25) is 4.72 Å². The maximum absolute atomic E-state index is 14.5. The Morgan fingerprint density at radius 3 is 2.75 bits per heavy atom. The van der Waals surface area contributed by atoms with E-state index in [1.165, 1.54) is 37.8 Å². The van der Waals surface area contributed by atoms with E-state index >= 15 is 0 Å². The fraction of sp³-hybridized carbons (Fsp3) is 0.500. The summed E-state index contributed by atoms with van der Waals surface area (Å²) in [6.07, 6.45) is 7.20. The molecule has 2 atom stereocenters. The number of benzene rings is 1. The molecule has 1 saturated carbocycles. The molecule has 3 N–H and O–H groups in total. The zero-order valence-electron chi connectivity index (χ0n) is 15.4. The van der Waals surface area contributed by atoms with Gasteiger partial charge in [0.2, 0.25) is 0 Å². The molecule has 0 radical (unpaired) electrons. The third-order valence-electron chi connectivity index (χ3n) is 4.92. The molecular formula is C18H23ClF2N4OS2. The van der Waals surface area contributed by atoms with Gasteiger partial charge in [0.1, 0.15) is 5.82 Å². The summed E-state index contributed by atoms with van der Waals surface area (Å²) in [6, 6.07) is 2.82. The number of likely N-dealkylation sites (N-methyl/N-ethyl adjacent to an activating group) is 1. The zero-order chi connectivity index (χ0) is 20.1. The normalized spacial score (nSPS) is 16.9. The van der Waals surface area contributed by atoms with Crippen LogP contribution in [0.15, 0.2) is 23.2 Å². The molecule has 0 aliphatic heterocycles. The van der Waals surface area contributed by atoms with Gasteiger partial charge in [0.15, 0.2) is 21.2 Å². The predicted octanol–water partition coefficient (Wildman–Crippen LogP) is 4.79. The summed E-state index contributed by atoms with van der Waals surface area (Å²) in [5, 5.41) is 6.34. The Balaban J connectivity index is 1.62. The van der Waals surface area contributed by atoms with Crippen molar-refractivity contribution in [3.63, 3.8) is 0 Å². The van der Waals surface area contributed by atoms with E-state index < -0.39 is 21.9 Å². The molecule has 1 aliphatic rings. The van der Waals surface area contributed by atoms with Crippen LogP contribution in [0, 0.1) is 16.9 Å². The summed E-state index contributed by atoms with van der Waals surface area (Å²) in [5.41, 5.74) is 0.451. The third-order valence-corrected chi connectivity index (χ3v) is 7.15. The number of nitrogens with one attached hydrogen (secondary N) is 3. The molecule has 2 aromatic rings. The summed E-state index contributed by atoms with van der Waals surface area (Å²) >= 11 is 6.96. The van der Waals surface area contributed by atoms with Crippen molar-refractivity contribution in [2.75, 3.05) is 23.6 Å². The maximum Gasteiger partial charge on any atom is 0.198 e. The molecular weight excluding hydrogens is 426 g/mol. The third kappa shape index (κ3) is 5.62. The van der Waals surface area contributed by atoms with E-state index in [9.17, 15) is 13.0 Å². The van der Waals surface area contributed by atoms with Crippen molar-refractivity contribution in [2.45, 2.75) is 43.0 Å². The standard InChI is InChI=1S/C18H23ClF2N4OS2/c1-22-12(6-11-4-2-3-5-11)9-23-15-8-14(20)16(7-13(15)19)28(26)25-18-24-10-17(21)27-18/h7-8,10-12,22-23H,2-6,9H2,1H3,(H,24,25)/t12-,28?/m1/s1. The van der Waals surface area contributed by atoms with Gasteiger partial charge in [0, 0.05) is 12.6 Å². The average molecular weight is 449 g/mol. The maximum atomic E-state index is 14.5. The van der Waals surface area contributed by atoms with Crippen molar-refractivity contribution in [3.8, 4) is 0 Å². The van der Waals surface area contributed by atoms with E-state index in [0.717, 1.165) is 18.5 Å². The molecule has 154 valence electrons. The highest BCUT2D eigenvalue weighted by atomic mass is 35.5. The lowest BCUT2D eigenvalue weighted by Crippen LogP contribution is -2.34. The van der Waals surface area contributed by atoms with Crippen LogP contribution in [0.5, 0.6) is 0 Å². The minimum Gasteiger partial charge on any atom is -0.382 e. The number of aromatic nitrogens is 1. The van der Waals surface area contributed by atoms with Gasteiger partial charge < -0.3 is 10.6 Å². The van der Waals surface area contributed by atoms with Crippen molar-refractivity contribution in [3.05, 3.63) is 34.3 Å². The first-order valence-corrected chi connectivity index (χ1v) is 11.5. The molecule has 28 heavy (non-hydrogen) atoms. The van der Waals surface area contributed by atoms with E-state index in [-0.39, 0.29) is 21.1 Å². The van der Waals surface area contributed by atoms with Crippen LogP contribution in [0.2, 0.25) is 5.02 Å². The summed E-state index contributed by atoms with van der Waals surface area (Å²) in [6.45, 7) is 0.616. The number of nitrogens with zero attached hydrogens (tertiary/aromatic N) is 1. The molecule has 0 spiro atoms. The van der Waals surface area contributed by atoms with Gasteiger partial charge in [-0.05, 0) is 31.5 Å². The van der Waals surface area contributed by atoms with E-state index in [1.807, 2.05) is 7.05 Å². The van der Waals surface area contributed by atoms with Crippen LogP contribution < -0.4 is 15.4 Å². The molecule has 3 rings (SSSR count). The Hall–Kier alpha value is -1.29. The highest BCUT2D eigenvalue weighted by Gasteiger charge is 2.20. The van der Waals surface area contributed by atoms with Gasteiger partial charge in [-0.25, -0.2) is 13.6 Å². The lowest BCUT2D eigenvalue weighted by Gasteiger charge is -2.21. The summed E-state index contributed by atoms with van der Waals surface area (Å²) < 4.78 is 42.3. The fourth-order valence-electron chi connectivity index (χ4n) is 3.43. The first kappa shape index (κ1) is 21.4. The van der Waals surface area contributed by atoms with Crippen LogP contribution in [0.25, 0.3) is 0 Å². The quantitative estimate of drug-likeness (QED) is 0.516. The molecule has 10 heteroatoms. The molecule has 1 aromatic carbocycles. The van der Waals surface area contributed by atoms with Gasteiger partial charge in [-0.15, -0.1) is 0 Å². The van der Waals surface area contributed by atoms with Gasteiger partial charge in [-0.1, -0.05) is 48.6 Å². The second-order valence-corrected chi connectivity index (χ2v) is 9.42. The lowest BCUT2D eigenvalue weighted by atomic mass is 9.98. The van der Waals surface area contributed by atoms with Gasteiger partial charge in [-0.2, -0.15) is 4.39 Å². The molecule has 5 nitrogen and oxygen atoms in total. The number of hydrogen-bond donors (Lipinski definition) is 3. The minimum atomic E-state index is -1.94. The predicted molar refractivity (Wildman–Crippen MR) is 111 cm³/mol. The van der Waals surface area contributed by atoms with Crippen molar-refractivity contribution in [2.24, 2.45) is 5.92 Å². The Morgan fingerprint density at radius 1 is 1.36 bits per heavy atom. The number of anilines is 2. The van der Waals surface area contributed by atoms with Gasteiger partial charge in [0.25, 0.3) is 0 Å². The minimum absolute atomic E-state index is 0.109. The summed E-state index contributed by atoms with van der Waals surface area (Å²) in [5.74, 6) is 0.0737. The molecule has 1 aliphatic carbocycles. The van der Waals surface area contributed by atoms with Gasteiger partial charge >= 0.3 is 0 Å². The number of thiazole rings is 1. The lowest BCUT2D eigenvalue weighted by molar-refractivity contribution is 0.415. The molecule has 1 fully saturated rings. The van der Waals surface area contributed by atoms with Crippen LogP contribution >= 0.6 is 22.9 Å². The van der Waals surface area contributed by atoms with Crippen molar-refractivity contribution in [1.82, 2.24) is 10.3 Å². The Bertz CT molecular complexity index is 830. The molecule has 0 amide bonds. The molecule has 1 unspecified atom stereocenters. The smallest absolute Gasteiger partial charge is 0.198 e. The van der Waals surface area contributed by atoms with Crippen LogP contribution in [0.3, 0.4) is 0 Å².